The van der Waals surface area contributed by atoms with E-state index in [0.29, 0.717) is 6.61 Å². The monoisotopic (exact) mass is 275 g/mol. The molecule has 3 aromatic rings. The van der Waals surface area contributed by atoms with Gasteiger partial charge < -0.3 is 4.74 Å². The topological polar surface area (TPSA) is 22.1 Å². The van der Waals surface area contributed by atoms with E-state index >= 15 is 0 Å². The van der Waals surface area contributed by atoms with Gasteiger partial charge in [-0.15, -0.1) is 0 Å². The summed E-state index contributed by atoms with van der Waals surface area (Å²) in [6, 6.07) is 22.4. The molecule has 21 heavy (non-hydrogen) atoms. The van der Waals surface area contributed by atoms with Gasteiger partial charge in [-0.3, -0.25) is 4.98 Å². The quantitative estimate of drug-likeness (QED) is 0.692. The average molecular weight is 275 g/mol. The molecular weight excluding hydrogens is 258 g/mol. The summed E-state index contributed by atoms with van der Waals surface area (Å²) < 4.78 is 5.80. The number of pyridine rings is 1. The molecule has 0 amide bonds. The van der Waals surface area contributed by atoms with Crippen molar-refractivity contribution in [1.82, 2.24) is 4.98 Å². The Bertz CT molecular complexity index is 705. The largest absolute Gasteiger partial charge is 0.489 e. The van der Waals surface area contributed by atoms with Crippen LogP contribution in [-0.2, 0) is 6.61 Å². The first kappa shape index (κ1) is 13.4. The van der Waals surface area contributed by atoms with Gasteiger partial charge in [-0.05, 0) is 36.2 Å². The van der Waals surface area contributed by atoms with Gasteiger partial charge in [-0.25, -0.2) is 0 Å². The molecular formula is C19H17NO. The summed E-state index contributed by atoms with van der Waals surface area (Å²) in [5.41, 5.74) is 4.53. The second-order valence-electron chi connectivity index (χ2n) is 4.94. The summed E-state index contributed by atoms with van der Waals surface area (Å²) in [5, 5.41) is 0. The van der Waals surface area contributed by atoms with Crippen LogP contribution in [0.1, 0.15) is 11.3 Å². The number of hydrogen-bond donors (Lipinski definition) is 0. The molecule has 0 bridgehead atoms. The molecule has 3 rings (SSSR count). The third-order valence-corrected chi connectivity index (χ3v) is 3.42. The van der Waals surface area contributed by atoms with Crippen LogP contribution in [0.4, 0.5) is 0 Å². The number of hydrogen-bond acceptors (Lipinski definition) is 2. The van der Waals surface area contributed by atoms with Crippen LogP contribution in [0.15, 0.2) is 72.9 Å². The molecule has 0 saturated heterocycles. The van der Waals surface area contributed by atoms with Gasteiger partial charge in [0.25, 0.3) is 0 Å². The van der Waals surface area contributed by atoms with Crippen molar-refractivity contribution in [1.29, 1.82) is 0 Å². The van der Waals surface area contributed by atoms with E-state index in [1.54, 1.807) is 0 Å². The standard InChI is InChI=1S/C19H17NO/c1-15-19(8-5-13-20-15)17-9-11-18(12-10-17)21-14-16-6-3-2-4-7-16/h2-13H,14H2,1H3. The minimum atomic E-state index is 0.589. The second-order valence-corrected chi connectivity index (χ2v) is 4.94. The minimum Gasteiger partial charge on any atom is -0.489 e. The Balaban J connectivity index is 1.71. The predicted molar refractivity (Wildman–Crippen MR) is 85.2 cm³/mol. The maximum absolute atomic E-state index is 5.80. The van der Waals surface area contributed by atoms with Crippen LogP contribution in [0.3, 0.4) is 0 Å². The van der Waals surface area contributed by atoms with Gasteiger partial charge in [0.15, 0.2) is 0 Å². The highest BCUT2D eigenvalue weighted by molar-refractivity contribution is 5.66. The van der Waals surface area contributed by atoms with Crippen LogP contribution in [-0.4, -0.2) is 4.98 Å². The Kier molecular flexibility index (Phi) is 3.97. The van der Waals surface area contributed by atoms with E-state index < -0.39 is 0 Å². The summed E-state index contributed by atoms with van der Waals surface area (Å²) in [6.45, 7) is 2.61. The minimum absolute atomic E-state index is 0.589. The Morgan fingerprint density at radius 2 is 1.62 bits per heavy atom. The summed E-state index contributed by atoms with van der Waals surface area (Å²) in [7, 11) is 0. The van der Waals surface area contributed by atoms with Crippen molar-refractivity contribution in [3.8, 4) is 16.9 Å². The Hall–Kier alpha value is -2.61. The first-order chi connectivity index (χ1) is 10.3. The highest BCUT2D eigenvalue weighted by atomic mass is 16.5. The van der Waals surface area contributed by atoms with E-state index in [4.69, 9.17) is 4.74 Å². The summed E-state index contributed by atoms with van der Waals surface area (Å²) >= 11 is 0. The Morgan fingerprint density at radius 1 is 0.857 bits per heavy atom. The van der Waals surface area contributed by atoms with Crippen molar-refractivity contribution in [3.63, 3.8) is 0 Å². The first-order valence-electron chi connectivity index (χ1n) is 7.02. The lowest BCUT2D eigenvalue weighted by molar-refractivity contribution is 0.306. The fourth-order valence-electron chi connectivity index (χ4n) is 2.26. The van der Waals surface area contributed by atoms with Crippen molar-refractivity contribution >= 4 is 0 Å². The molecule has 0 atom stereocenters. The van der Waals surface area contributed by atoms with Gasteiger partial charge in [0.2, 0.25) is 0 Å². The van der Waals surface area contributed by atoms with Gasteiger partial charge in [0.1, 0.15) is 12.4 Å². The predicted octanol–water partition coefficient (Wildman–Crippen LogP) is 4.64. The average Bonchev–Trinajstić information content (AvgIpc) is 2.55. The van der Waals surface area contributed by atoms with Crippen LogP contribution >= 0.6 is 0 Å². The van der Waals surface area contributed by atoms with E-state index in [0.717, 1.165) is 22.6 Å². The van der Waals surface area contributed by atoms with E-state index in [-0.39, 0.29) is 0 Å². The Labute approximate surface area is 125 Å². The third kappa shape index (κ3) is 3.29. The highest BCUT2D eigenvalue weighted by Gasteiger charge is 2.02. The smallest absolute Gasteiger partial charge is 0.119 e. The number of benzene rings is 2. The van der Waals surface area contributed by atoms with Crippen LogP contribution < -0.4 is 4.74 Å². The molecule has 2 heteroatoms. The van der Waals surface area contributed by atoms with Gasteiger partial charge >= 0.3 is 0 Å². The van der Waals surface area contributed by atoms with Crippen LogP contribution in [0.5, 0.6) is 5.75 Å². The van der Waals surface area contributed by atoms with Crippen LogP contribution in [0, 0.1) is 6.92 Å². The molecule has 0 saturated carbocycles. The fourth-order valence-corrected chi connectivity index (χ4v) is 2.26. The molecule has 0 unspecified atom stereocenters. The third-order valence-electron chi connectivity index (χ3n) is 3.42. The fraction of sp³-hybridized carbons (Fsp3) is 0.105. The van der Waals surface area contributed by atoms with E-state index in [1.807, 2.05) is 49.5 Å². The highest BCUT2D eigenvalue weighted by Crippen LogP contribution is 2.24. The second kappa shape index (κ2) is 6.23. The summed E-state index contributed by atoms with van der Waals surface area (Å²) in [5.74, 6) is 0.879. The molecule has 2 nitrogen and oxygen atoms in total. The summed E-state index contributed by atoms with van der Waals surface area (Å²) in [6.07, 6.45) is 1.82. The van der Waals surface area contributed by atoms with Gasteiger partial charge in [0.05, 0.1) is 0 Å². The van der Waals surface area contributed by atoms with Crippen molar-refractivity contribution < 1.29 is 4.74 Å². The van der Waals surface area contributed by atoms with Crippen molar-refractivity contribution in [2.45, 2.75) is 13.5 Å². The molecule has 0 fully saturated rings. The lowest BCUT2D eigenvalue weighted by atomic mass is 10.0. The van der Waals surface area contributed by atoms with E-state index in [1.165, 1.54) is 5.56 Å². The number of rotatable bonds is 4. The zero-order valence-corrected chi connectivity index (χ0v) is 12.0. The first-order valence-corrected chi connectivity index (χ1v) is 7.02. The van der Waals surface area contributed by atoms with Gasteiger partial charge in [-0.2, -0.15) is 0 Å². The molecule has 0 aliphatic rings. The van der Waals surface area contributed by atoms with Crippen LogP contribution in [0.25, 0.3) is 11.1 Å². The van der Waals surface area contributed by atoms with Crippen molar-refractivity contribution in [3.05, 3.63) is 84.2 Å². The molecule has 0 aliphatic heterocycles. The normalized spacial score (nSPS) is 10.3. The SMILES string of the molecule is Cc1ncccc1-c1ccc(OCc2ccccc2)cc1. The number of ether oxygens (including phenoxy) is 1. The molecule has 1 heterocycles. The Morgan fingerprint density at radius 3 is 2.33 bits per heavy atom. The lowest BCUT2D eigenvalue weighted by Crippen LogP contribution is -1.94. The number of nitrogens with zero attached hydrogens (tertiary/aromatic N) is 1. The molecule has 0 aliphatic carbocycles. The maximum Gasteiger partial charge on any atom is 0.119 e. The van der Waals surface area contributed by atoms with Crippen molar-refractivity contribution in [2.24, 2.45) is 0 Å². The zero-order valence-electron chi connectivity index (χ0n) is 12.0. The van der Waals surface area contributed by atoms with Gasteiger partial charge in [-0.1, -0.05) is 48.5 Å². The van der Waals surface area contributed by atoms with Crippen LogP contribution in [0.2, 0.25) is 0 Å². The number of aromatic nitrogens is 1. The van der Waals surface area contributed by atoms with E-state index in [9.17, 15) is 0 Å². The van der Waals surface area contributed by atoms with Crippen molar-refractivity contribution in [2.75, 3.05) is 0 Å². The van der Waals surface area contributed by atoms with E-state index in [2.05, 4.69) is 35.3 Å². The lowest BCUT2D eigenvalue weighted by Gasteiger charge is -2.08. The molecule has 0 N–H and O–H groups in total. The zero-order chi connectivity index (χ0) is 14.5. The molecule has 1 aromatic heterocycles. The molecule has 0 radical (unpaired) electrons. The molecule has 2 aromatic carbocycles. The molecule has 104 valence electrons. The molecule has 0 spiro atoms. The maximum atomic E-state index is 5.80. The van der Waals surface area contributed by atoms with Gasteiger partial charge in [0, 0.05) is 17.5 Å². The number of aryl methyl sites for hydroxylation is 1. The summed E-state index contributed by atoms with van der Waals surface area (Å²) in [4.78, 5) is 4.32.